The summed E-state index contributed by atoms with van der Waals surface area (Å²) in [5.74, 6) is -0.317. The topological polar surface area (TPSA) is 64.9 Å². The molecular weight excluding hydrogens is 310 g/mol. The molecule has 1 aliphatic carbocycles. The van der Waals surface area contributed by atoms with Crippen LogP contribution in [0.5, 0.6) is 0 Å². The average Bonchev–Trinajstić information content (AvgIpc) is 2.65. The smallest absolute Gasteiger partial charge is 0.263 e. The van der Waals surface area contributed by atoms with E-state index in [1.807, 2.05) is 13.0 Å². The molecule has 2 unspecified atom stereocenters. The summed E-state index contributed by atoms with van der Waals surface area (Å²) >= 11 is 0. The van der Waals surface area contributed by atoms with Gasteiger partial charge in [-0.05, 0) is 62.1 Å². The predicted octanol–water partition coefficient (Wildman–Crippen LogP) is 3.93. The molecule has 0 bridgehead atoms. The fourth-order valence-corrected chi connectivity index (χ4v) is 3.12. The number of nitriles is 1. The number of fused-ring (bicyclic) bond motifs is 1. The summed E-state index contributed by atoms with van der Waals surface area (Å²) < 4.78 is 0. The Morgan fingerprint density at radius 3 is 2.60 bits per heavy atom. The number of amides is 1. The summed E-state index contributed by atoms with van der Waals surface area (Å²) in [6.45, 7) is 6.13. The second-order valence-electron chi connectivity index (χ2n) is 6.82. The first-order chi connectivity index (χ1) is 12.1. The molecule has 0 aromatic heterocycles. The Hall–Kier alpha value is -2.28. The van der Waals surface area contributed by atoms with E-state index in [4.69, 9.17) is 0 Å². The van der Waals surface area contributed by atoms with Crippen LogP contribution in [0.1, 0.15) is 69.2 Å². The van der Waals surface area contributed by atoms with Crippen molar-refractivity contribution in [3.05, 3.63) is 46.7 Å². The molecule has 0 spiro atoms. The molecule has 1 amide bonds. The van der Waals surface area contributed by atoms with Gasteiger partial charge in [0.05, 0.1) is 6.04 Å². The number of benzene rings is 1. The molecule has 25 heavy (non-hydrogen) atoms. The zero-order chi connectivity index (χ0) is 18.2. The van der Waals surface area contributed by atoms with Crippen LogP contribution in [0.3, 0.4) is 0 Å². The van der Waals surface area contributed by atoms with E-state index < -0.39 is 0 Å². The first-order valence-corrected chi connectivity index (χ1v) is 9.37. The van der Waals surface area contributed by atoms with Crippen LogP contribution in [-0.2, 0) is 17.6 Å². The van der Waals surface area contributed by atoms with Crippen molar-refractivity contribution in [3.8, 4) is 6.07 Å². The molecule has 2 rings (SSSR count). The summed E-state index contributed by atoms with van der Waals surface area (Å²) in [6, 6.07) is 8.71. The summed E-state index contributed by atoms with van der Waals surface area (Å²) in [5, 5.41) is 15.4. The van der Waals surface area contributed by atoms with Crippen LogP contribution in [0, 0.1) is 11.3 Å². The number of hydrogen-bond acceptors (Lipinski definition) is 3. The molecule has 0 aliphatic heterocycles. The van der Waals surface area contributed by atoms with Gasteiger partial charge in [0.25, 0.3) is 5.91 Å². The van der Waals surface area contributed by atoms with Crippen molar-refractivity contribution < 1.29 is 4.79 Å². The van der Waals surface area contributed by atoms with E-state index in [9.17, 15) is 10.1 Å². The van der Waals surface area contributed by atoms with Crippen molar-refractivity contribution in [1.82, 2.24) is 10.6 Å². The van der Waals surface area contributed by atoms with E-state index in [0.717, 1.165) is 31.2 Å². The standard InChI is InChI=1S/C21H29N3O/c1-4-15(3)23-14-19(13-22)21(25)24-20(5-2)18-11-10-16-8-6-7-9-17(16)12-18/h10-12,14-15,20,23H,4-9H2,1-3H3,(H,24,25)/b19-14-. The van der Waals surface area contributed by atoms with Crippen LogP contribution < -0.4 is 10.6 Å². The van der Waals surface area contributed by atoms with E-state index in [1.54, 1.807) is 0 Å². The molecule has 0 fully saturated rings. The van der Waals surface area contributed by atoms with Gasteiger partial charge in [-0.2, -0.15) is 5.26 Å². The summed E-state index contributed by atoms with van der Waals surface area (Å²) in [5.41, 5.74) is 4.10. The fourth-order valence-electron chi connectivity index (χ4n) is 3.12. The van der Waals surface area contributed by atoms with Crippen LogP contribution in [0.15, 0.2) is 30.0 Å². The lowest BCUT2D eigenvalue weighted by Crippen LogP contribution is -2.30. The van der Waals surface area contributed by atoms with Gasteiger partial charge in [-0.1, -0.05) is 32.0 Å². The molecular formula is C21H29N3O. The Kier molecular flexibility index (Phi) is 7.06. The molecule has 1 aromatic rings. The van der Waals surface area contributed by atoms with Gasteiger partial charge in [0.15, 0.2) is 0 Å². The van der Waals surface area contributed by atoms with Gasteiger partial charge in [-0.3, -0.25) is 4.79 Å². The van der Waals surface area contributed by atoms with Crippen molar-refractivity contribution in [2.75, 3.05) is 0 Å². The van der Waals surface area contributed by atoms with Crippen LogP contribution in [-0.4, -0.2) is 11.9 Å². The zero-order valence-electron chi connectivity index (χ0n) is 15.6. The molecule has 2 atom stereocenters. The minimum Gasteiger partial charge on any atom is -0.387 e. The minimum atomic E-state index is -0.317. The Labute approximate surface area is 151 Å². The fraction of sp³-hybridized carbons (Fsp3) is 0.524. The molecule has 0 saturated carbocycles. The predicted molar refractivity (Wildman–Crippen MR) is 101 cm³/mol. The van der Waals surface area contributed by atoms with E-state index in [2.05, 4.69) is 42.7 Å². The van der Waals surface area contributed by atoms with Gasteiger partial charge in [-0.15, -0.1) is 0 Å². The molecule has 1 aromatic carbocycles. The molecule has 4 nitrogen and oxygen atoms in total. The summed E-state index contributed by atoms with van der Waals surface area (Å²) in [6.07, 6.45) is 8.04. The van der Waals surface area contributed by atoms with Crippen LogP contribution in [0.25, 0.3) is 0 Å². The van der Waals surface area contributed by atoms with Crippen molar-refractivity contribution in [1.29, 1.82) is 5.26 Å². The zero-order valence-corrected chi connectivity index (χ0v) is 15.6. The monoisotopic (exact) mass is 339 g/mol. The van der Waals surface area contributed by atoms with E-state index in [0.29, 0.717) is 0 Å². The lowest BCUT2D eigenvalue weighted by Gasteiger charge is -2.21. The number of rotatable bonds is 7. The van der Waals surface area contributed by atoms with Gasteiger partial charge in [0, 0.05) is 12.2 Å². The average molecular weight is 339 g/mol. The maximum absolute atomic E-state index is 12.5. The summed E-state index contributed by atoms with van der Waals surface area (Å²) in [4.78, 5) is 12.5. The first-order valence-electron chi connectivity index (χ1n) is 9.37. The van der Waals surface area contributed by atoms with E-state index in [-0.39, 0.29) is 23.6 Å². The molecule has 4 heteroatoms. The third-order valence-electron chi connectivity index (χ3n) is 4.98. The Morgan fingerprint density at radius 2 is 1.96 bits per heavy atom. The normalized spacial score (nSPS) is 16.3. The van der Waals surface area contributed by atoms with Gasteiger partial charge in [-0.25, -0.2) is 0 Å². The van der Waals surface area contributed by atoms with Gasteiger partial charge in [0.1, 0.15) is 11.6 Å². The number of nitrogens with zero attached hydrogens (tertiary/aromatic N) is 1. The Bertz CT molecular complexity index is 672. The highest BCUT2D eigenvalue weighted by Gasteiger charge is 2.18. The maximum Gasteiger partial charge on any atom is 0.263 e. The molecule has 0 heterocycles. The SMILES string of the molecule is CCC(C)N/C=C(/C#N)C(=O)NC(CC)c1ccc2c(c1)CCCC2. The second kappa shape index (κ2) is 9.27. The number of hydrogen-bond donors (Lipinski definition) is 2. The van der Waals surface area contributed by atoms with E-state index >= 15 is 0 Å². The first kappa shape index (κ1) is 19.1. The van der Waals surface area contributed by atoms with Crippen molar-refractivity contribution >= 4 is 5.91 Å². The molecule has 1 aliphatic rings. The molecule has 134 valence electrons. The molecule has 0 saturated heterocycles. The number of aryl methyl sites for hydroxylation is 2. The molecule has 2 N–H and O–H groups in total. The van der Waals surface area contributed by atoms with Crippen LogP contribution in [0.2, 0.25) is 0 Å². The number of carbonyl (C=O) groups is 1. The lowest BCUT2D eigenvalue weighted by atomic mass is 9.88. The van der Waals surface area contributed by atoms with Gasteiger partial charge in [0.2, 0.25) is 0 Å². The van der Waals surface area contributed by atoms with Crippen molar-refractivity contribution in [2.24, 2.45) is 0 Å². The van der Waals surface area contributed by atoms with Crippen LogP contribution >= 0.6 is 0 Å². The highest BCUT2D eigenvalue weighted by molar-refractivity contribution is 5.97. The lowest BCUT2D eigenvalue weighted by molar-refractivity contribution is -0.117. The minimum absolute atomic E-state index is 0.0694. The highest BCUT2D eigenvalue weighted by Crippen LogP contribution is 2.26. The molecule has 0 radical (unpaired) electrons. The Morgan fingerprint density at radius 1 is 1.24 bits per heavy atom. The van der Waals surface area contributed by atoms with Gasteiger partial charge < -0.3 is 10.6 Å². The highest BCUT2D eigenvalue weighted by atomic mass is 16.1. The third kappa shape index (κ3) is 5.09. The maximum atomic E-state index is 12.5. The largest absolute Gasteiger partial charge is 0.387 e. The van der Waals surface area contributed by atoms with Crippen molar-refractivity contribution in [3.63, 3.8) is 0 Å². The summed E-state index contributed by atoms with van der Waals surface area (Å²) in [7, 11) is 0. The number of nitrogens with one attached hydrogen (secondary N) is 2. The van der Waals surface area contributed by atoms with Crippen molar-refractivity contribution in [2.45, 2.75) is 71.4 Å². The Balaban J connectivity index is 2.10. The van der Waals surface area contributed by atoms with Crippen LogP contribution in [0.4, 0.5) is 0 Å². The number of carbonyl (C=O) groups excluding carboxylic acids is 1. The van der Waals surface area contributed by atoms with E-state index in [1.165, 1.54) is 30.2 Å². The van der Waals surface area contributed by atoms with Gasteiger partial charge >= 0.3 is 0 Å². The second-order valence-corrected chi connectivity index (χ2v) is 6.82. The quantitative estimate of drug-likeness (QED) is 0.584. The third-order valence-corrected chi connectivity index (χ3v) is 4.98.